The van der Waals surface area contributed by atoms with Gasteiger partial charge in [0.05, 0.1) is 47.5 Å². The number of hydrogen-bond donors (Lipinski definition) is 0. The number of rotatable bonds is 15. The standard InChI is InChI=1S/C30H36Br2O10/c1-5-7-9-11-13-37-29(33)19-17(23-27(41-15-39-23)25(35-3)21(19)31)18-20(30(34)38-14-12-10-8-6-2)22(32)26(36-4)28-24(18)40-16-42-28/h5-16H2,1-4H3. The molecule has 2 aliphatic rings. The number of benzene rings is 2. The summed E-state index contributed by atoms with van der Waals surface area (Å²) in [5.74, 6) is 0.150. The zero-order valence-electron chi connectivity index (χ0n) is 24.3. The van der Waals surface area contributed by atoms with Crippen molar-refractivity contribution >= 4 is 43.8 Å². The molecule has 0 amide bonds. The van der Waals surface area contributed by atoms with Crippen molar-refractivity contribution in [1.82, 2.24) is 0 Å². The molecule has 0 radical (unpaired) electrons. The highest BCUT2D eigenvalue weighted by molar-refractivity contribution is 9.11. The number of carbonyl (C=O) groups excluding carboxylic acids is 2. The SMILES string of the molecule is CCCCCCOC(=O)c1c(Br)c(OC)c2c(c1-c1c3c(c(OC)c(Br)c1C(=O)OCCCCCC)OCO3)OCO2. The number of esters is 2. The lowest BCUT2D eigenvalue weighted by Gasteiger charge is -2.22. The number of methoxy groups -OCH3 is 2. The molecular formula is C30H36Br2O10. The van der Waals surface area contributed by atoms with Crippen LogP contribution in [0.5, 0.6) is 34.5 Å². The van der Waals surface area contributed by atoms with Gasteiger partial charge in [-0.15, -0.1) is 0 Å². The first-order chi connectivity index (χ1) is 20.4. The van der Waals surface area contributed by atoms with Crippen molar-refractivity contribution in [3.63, 3.8) is 0 Å². The first-order valence-corrected chi connectivity index (χ1v) is 15.7. The molecule has 0 aromatic heterocycles. The molecule has 0 saturated carbocycles. The van der Waals surface area contributed by atoms with E-state index >= 15 is 0 Å². The molecule has 0 N–H and O–H groups in total. The molecule has 42 heavy (non-hydrogen) atoms. The molecule has 2 aliphatic heterocycles. The molecule has 4 rings (SSSR count). The fraction of sp³-hybridized carbons (Fsp3) is 0.533. The maximum absolute atomic E-state index is 13.8. The van der Waals surface area contributed by atoms with E-state index in [4.69, 9.17) is 37.9 Å². The van der Waals surface area contributed by atoms with E-state index < -0.39 is 11.9 Å². The van der Waals surface area contributed by atoms with Crippen LogP contribution in [-0.4, -0.2) is 53.0 Å². The Hall–Kier alpha value is -2.86. The first-order valence-electron chi connectivity index (χ1n) is 14.1. The van der Waals surface area contributed by atoms with E-state index in [0.717, 1.165) is 38.5 Å². The Kier molecular flexibility index (Phi) is 11.5. The smallest absolute Gasteiger partial charge is 0.340 e. The van der Waals surface area contributed by atoms with E-state index in [1.54, 1.807) is 0 Å². The van der Waals surface area contributed by atoms with Gasteiger partial charge in [-0.05, 0) is 44.7 Å². The second-order valence-corrected chi connectivity index (χ2v) is 11.3. The summed E-state index contributed by atoms with van der Waals surface area (Å²) in [6.45, 7) is 4.40. The summed E-state index contributed by atoms with van der Waals surface area (Å²) < 4.78 is 46.6. The summed E-state index contributed by atoms with van der Waals surface area (Å²) in [6.07, 6.45) is 7.48. The Bertz CT molecular complexity index is 1210. The number of halogens is 2. The number of unbranched alkanes of at least 4 members (excludes halogenated alkanes) is 6. The quantitative estimate of drug-likeness (QED) is 0.134. The van der Waals surface area contributed by atoms with Crippen molar-refractivity contribution in [1.29, 1.82) is 0 Å². The van der Waals surface area contributed by atoms with Crippen molar-refractivity contribution in [2.75, 3.05) is 41.0 Å². The molecule has 0 unspecified atom stereocenters. The van der Waals surface area contributed by atoms with Crippen molar-refractivity contribution in [2.45, 2.75) is 65.2 Å². The number of carbonyl (C=O) groups is 2. The van der Waals surface area contributed by atoms with E-state index in [2.05, 4.69) is 45.7 Å². The minimum Gasteiger partial charge on any atom is -0.492 e. The molecule has 0 fully saturated rings. The minimum absolute atomic E-state index is 0.0818. The van der Waals surface area contributed by atoms with Gasteiger partial charge in [0.2, 0.25) is 25.1 Å². The lowest BCUT2D eigenvalue weighted by Crippen LogP contribution is -2.14. The first kappa shape index (κ1) is 32.1. The van der Waals surface area contributed by atoms with Crippen LogP contribution < -0.4 is 28.4 Å². The van der Waals surface area contributed by atoms with Crippen LogP contribution in [0.15, 0.2) is 8.95 Å². The third kappa shape index (κ3) is 6.39. The third-order valence-electron chi connectivity index (χ3n) is 6.96. The molecule has 0 aliphatic carbocycles. The van der Waals surface area contributed by atoms with Gasteiger partial charge in [-0.2, -0.15) is 0 Å². The highest BCUT2D eigenvalue weighted by Gasteiger charge is 2.41. The van der Waals surface area contributed by atoms with Crippen LogP contribution in [0.4, 0.5) is 0 Å². The van der Waals surface area contributed by atoms with E-state index in [9.17, 15) is 9.59 Å². The Labute approximate surface area is 262 Å². The van der Waals surface area contributed by atoms with E-state index in [1.807, 2.05) is 0 Å². The zero-order valence-corrected chi connectivity index (χ0v) is 27.5. The predicted molar refractivity (Wildman–Crippen MR) is 161 cm³/mol. The maximum atomic E-state index is 13.8. The van der Waals surface area contributed by atoms with Crippen LogP contribution in [0.1, 0.15) is 85.9 Å². The molecule has 2 aromatic rings. The van der Waals surface area contributed by atoms with Gasteiger partial charge in [0, 0.05) is 11.1 Å². The fourth-order valence-corrected chi connectivity index (χ4v) is 6.30. The van der Waals surface area contributed by atoms with Gasteiger partial charge in [0.15, 0.2) is 23.0 Å². The Balaban J connectivity index is 1.92. The summed E-state index contributed by atoms with van der Waals surface area (Å²) >= 11 is 7.09. The number of ether oxygens (including phenoxy) is 8. The second-order valence-electron chi connectivity index (χ2n) is 9.72. The highest BCUT2D eigenvalue weighted by Crippen LogP contribution is 2.60. The third-order valence-corrected chi connectivity index (χ3v) is 8.47. The number of hydrogen-bond acceptors (Lipinski definition) is 10. The average molecular weight is 716 g/mol. The van der Waals surface area contributed by atoms with Gasteiger partial charge in [-0.3, -0.25) is 0 Å². The maximum Gasteiger partial charge on any atom is 0.340 e. The Morgan fingerprint density at radius 2 is 1.00 bits per heavy atom. The van der Waals surface area contributed by atoms with E-state index in [0.29, 0.717) is 12.8 Å². The minimum atomic E-state index is -0.636. The molecule has 10 nitrogen and oxygen atoms in total. The molecule has 2 heterocycles. The van der Waals surface area contributed by atoms with Crippen molar-refractivity contribution in [3.8, 4) is 45.6 Å². The van der Waals surface area contributed by atoms with Gasteiger partial charge in [0.25, 0.3) is 0 Å². The molecule has 2 aromatic carbocycles. The summed E-state index contributed by atoms with van der Waals surface area (Å²) in [7, 11) is 2.92. The second kappa shape index (κ2) is 15.0. The average Bonchev–Trinajstić information content (AvgIpc) is 3.66. The van der Waals surface area contributed by atoms with Crippen molar-refractivity contribution in [3.05, 3.63) is 20.1 Å². The monoisotopic (exact) mass is 714 g/mol. The largest absolute Gasteiger partial charge is 0.492 e. The predicted octanol–water partition coefficient (Wildman–Crippen LogP) is 7.83. The summed E-state index contributed by atoms with van der Waals surface area (Å²) in [5.41, 5.74) is 0.602. The summed E-state index contributed by atoms with van der Waals surface area (Å²) in [5, 5.41) is 0. The fourth-order valence-electron chi connectivity index (χ4n) is 4.90. The van der Waals surface area contributed by atoms with Crippen LogP contribution in [0.2, 0.25) is 0 Å². The van der Waals surface area contributed by atoms with Crippen molar-refractivity contribution < 1.29 is 47.5 Å². The van der Waals surface area contributed by atoms with Crippen LogP contribution in [-0.2, 0) is 9.47 Å². The van der Waals surface area contributed by atoms with Gasteiger partial charge in [0.1, 0.15) is 0 Å². The van der Waals surface area contributed by atoms with Gasteiger partial charge in [-0.1, -0.05) is 52.4 Å². The van der Waals surface area contributed by atoms with Crippen LogP contribution in [0.25, 0.3) is 11.1 Å². The zero-order chi connectivity index (χ0) is 30.2. The molecule has 230 valence electrons. The lowest BCUT2D eigenvalue weighted by molar-refractivity contribution is 0.0485. The summed E-state index contributed by atoms with van der Waals surface area (Å²) in [4.78, 5) is 27.6. The Morgan fingerprint density at radius 1 is 0.619 bits per heavy atom. The highest BCUT2D eigenvalue weighted by atomic mass is 79.9. The van der Waals surface area contributed by atoms with Crippen LogP contribution >= 0.6 is 31.9 Å². The molecule has 0 saturated heterocycles. The van der Waals surface area contributed by atoms with Gasteiger partial charge < -0.3 is 37.9 Å². The molecule has 0 spiro atoms. The summed E-state index contributed by atoms with van der Waals surface area (Å²) in [6, 6.07) is 0. The number of fused-ring (bicyclic) bond motifs is 2. The Morgan fingerprint density at radius 3 is 1.36 bits per heavy atom. The lowest BCUT2D eigenvalue weighted by atomic mass is 9.91. The van der Waals surface area contributed by atoms with Crippen molar-refractivity contribution in [2.24, 2.45) is 0 Å². The molecular weight excluding hydrogens is 680 g/mol. The molecule has 12 heteroatoms. The van der Waals surface area contributed by atoms with E-state index in [1.165, 1.54) is 14.2 Å². The van der Waals surface area contributed by atoms with Crippen LogP contribution in [0.3, 0.4) is 0 Å². The molecule has 0 atom stereocenters. The topological polar surface area (TPSA) is 108 Å². The van der Waals surface area contributed by atoms with E-state index in [-0.39, 0.29) is 92.5 Å². The van der Waals surface area contributed by atoms with Gasteiger partial charge in [-0.25, -0.2) is 9.59 Å². The van der Waals surface area contributed by atoms with Gasteiger partial charge >= 0.3 is 11.9 Å². The molecule has 0 bridgehead atoms. The van der Waals surface area contributed by atoms with Crippen LogP contribution in [0, 0.1) is 0 Å². The normalized spacial score (nSPS) is 12.8.